The van der Waals surface area contributed by atoms with E-state index in [4.69, 9.17) is 16.3 Å². The summed E-state index contributed by atoms with van der Waals surface area (Å²) in [4.78, 5) is 32.2. The van der Waals surface area contributed by atoms with Gasteiger partial charge in [-0.1, -0.05) is 30.5 Å². The molecule has 8 heteroatoms. The topological polar surface area (TPSA) is 65.1 Å². The summed E-state index contributed by atoms with van der Waals surface area (Å²) in [5.41, 5.74) is 0.696. The van der Waals surface area contributed by atoms with E-state index in [1.807, 2.05) is 21.9 Å². The Morgan fingerprint density at radius 3 is 2.37 bits per heavy atom. The molecule has 1 saturated carbocycles. The molecule has 2 heterocycles. The van der Waals surface area contributed by atoms with Crippen LogP contribution in [0.4, 0.5) is 10.5 Å². The van der Waals surface area contributed by atoms with E-state index in [1.54, 1.807) is 12.1 Å². The lowest BCUT2D eigenvalue weighted by molar-refractivity contribution is -0.144. The van der Waals surface area contributed by atoms with Crippen LogP contribution < -0.4 is 5.32 Å². The number of carbonyl (C=O) groups excluding carboxylic acids is 2. The number of morpholine rings is 1. The van der Waals surface area contributed by atoms with Crippen LogP contribution in [0.1, 0.15) is 25.7 Å². The third-order valence-corrected chi connectivity index (χ3v) is 6.73. The molecule has 164 valence electrons. The molecule has 0 bridgehead atoms. The Morgan fingerprint density at radius 1 is 1.00 bits per heavy atom. The van der Waals surface area contributed by atoms with Crippen molar-refractivity contribution in [1.29, 1.82) is 0 Å². The smallest absolute Gasteiger partial charge is 0.321 e. The molecule has 3 aliphatic rings. The second-order valence-corrected chi connectivity index (χ2v) is 8.83. The number of amides is 3. The molecule has 30 heavy (non-hydrogen) atoms. The molecule has 1 aromatic carbocycles. The van der Waals surface area contributed by atoms with Crippen molar-refractivity contribution in [2.45, 2.75) is 31.7 Å². The van der Waals surface area contributed by atoms with Crippen molar-refractivity contribution < 1.29 is 14.3 Å². The average Bonchev–Trinajstić information content (AvgIpc) is 3.29. The van der Waals surface area contributed by atoms with Gasteiger partial charge in [-0.25, -0.2) is 4.79 Å². The lowest BCUT2D eigenvalue weighted by atomic mass is 9.94. The highest BCUT2D eigenvalue weighted by Crippen LogP contribution is 2.32. The molecule has 1 aliphatic carbocycles. The largest absolute Gasteiger partial charge is 0.378 e. The standard InChI is InChI=1S/C22H31ClN4O3/c23-18-6-3-7-19(16-18)24-22(29)27-10-8-25(9-11-27)20(17-4-1-2-5-17)21(28)26-12-14-30-15-13-26/h3,6-7,16-17,20H,1-2,4-5,8-15H2,(H,24,29)/t20-/m0/s1. The first-order valence-corrected chi connectivity index (χ1v) is 11.4. The number of hydrogen-bond acceptors (Lipinski definition) is 4. The number of carbonyl (C=O) groups is 2. The fourth-order valence-corrected chi connectivity index (χ4v) is 5.06. The molecular formula is C22H31ClN4O3. The van der Waals surface area contributed by atoms with Gasteiger partial charge in [-0.3, -0.25) is 9.69 Å². The zero-order chi connectivity index (χ0) is 20.9. The van der Waals surface area contributed by atoms with Gasteiger partial charge < -0.3 is 19.9 Å². The third-order valence-electron chi connectivity index (χ3n) is 6.49. The van der Waals surface area contributed by atoms with Crippen molar-refractivity contribution in [2.24, 2.45) is 5.92 Å². The van der Waals surface area contributed by atoms with Gasteiger partial charge in [0.1, 0.15) is 0 Å². The first-order chi connectivity index (χ1) is 14.6. The van der Waals surface area contributed by atoms with Crippen molar-refractivity contribution in [3.8, 4) is 0 Å². The van der Waals surface area contributed by atoms with E-state index in [-0.39, 0.29) is 18.0 Å². The van der Waals surface area contributed by atoms with Gasteiger partial charge in [-0.15, -0.1) is 0 Å². The van der Waals surface area contributed by atoms with Crippen LogP contribution in [0, 0.1) is 5.92 Å². The third kappa shape index (κ3) is 5.07. The summed E-state index contributed by atoms with van der Waals surface area (Å²) < 4.78 is 5.43. The molecule has 0 unspecified atom stereocenters. The van der Waals surface area contributed by atoms with Crippen LogP contribution in [-0.2, 0) is 9.53 Å². The van der Waals surface area contributed by atoms with Crippen LogP contribution in [-0.4, -0.2) is 85.2 Å². The molecular weight excluding hydrogens is 404 g/mol. The van der Waals surface area contributed by atoms with Crippen LogP contribution in [0.5, 0.6) is 0 Å². The number of nitrogens with zero attached hydrogens (tertiary/aromatic N) is 3. The van der Waals surface area contributed by atoms with Crippen LogP contribution in [0.15, 0.2) is 24.3 Å². The van der Waals surface area contributed by atoms with Gasteiger partial charge in [-0.2, -0.15) is 0 Å². The summed E-state index contributed by atoms with van der Waals surface area (Å²) >= 11 is 6.01. The minimum atomic E-state index is -0.117. The molecule has 1 aromatic rings. The van der Waals surface area contributed by atoms with E-state index < -0.39 is 0 Å². The van der Waals surface area contributed by atoms with E-state index in [2.05, 4.69) is 10.2 Å². The normalized spacial score (nSPS) is 22.2. The number of urea groups is 1. The lowest BCUT2D eigenvalue weighted by Crippen LogP contribution is -2.59. The summed E-state index contributed by atoms with van der Waals surface area (Å²) in [6.07, 6.45) is 4.66. The molecule has 2 saturated heterocycles. The van der Waals surface area contributed by atoms with E-state index in [0.29, 0.717) is 56.0 Å². The van der Waals surface area contributed by atoms with Crippen LogP contribution in [0.25, 0.3) is 0 Å². The Hall–Kier alpha value is -1.83. The van der Waals surface area contributed by atoms with Gasteiger partial charge in [0.15, 0.2) is 0 Å². The van der Waals surface area contributed by atoms with Crippen molar-refractivity contribution >= 4 is 29.2 Å². The van der Waals surface area contributed by atoms with Crippen molar-refractivity contribution in [1.82, 2.24) is 14.7 Å². The molecule has 3 fully saturated rings. The minimum absolute atomic E-state index is 0.0660. The summed E-state index contributed by atoms with van der Waals surface area (Å²) in [6.45, 7) is 5.30. The number of piperazine rings is 1. The number of benzene rings is 1. The van der Waals surface area contributed by atoms with Crippen molar-refractivity contribution in [2.75, 3.05) is 57.8 Å². The van der Waals surface area contributed by atoms with Gasteiger partial charge in [0.2, 0.25) is 5.91 Å². The fourth-order valence-electron chi connectivity index (χ4n) is 4.87. The fraction of sp³-hybridized carbons (Fsp3) is 0.636. The Kier molecular flexibility index (Phi) is 7.12. The van der Waals surface area contributed by atoms with E-state index in [0.717, 1.165) is 25.9 Å². The quantitative estimate of drug-likeness (QED) is 0.791. The highest BCUT2D eigenvalue weighted by atomic mass is 35.5. The molecule has 0 radical (unpaired) electrons. The molecule has 3 amide bonds. The highest BCUT2D eigenvalue weighted by Gasteiger charge is 2.39. The van der Waals surface area contributed by atoms with Crippen molar-refractivity contribution in [3.63, 3.8) is 0 Å². The summed E-state index contributed by atoms with van der Waals surface area (Å²) in [7, 11) is 0. The Morgan fingerprint density at radius 2 is 1.70 bits per heavy atom. The van der Waals surface area contributed by atoms with Crippen LogP contribution >= 0.6 is 11.6 Å². The summed E-state index contributed by atoms with van der Waals surface area (Å²) in [5, 5.41) is 3.52. The van der Waals surface area contributed by atoms with Gasteiger partial charge in [0, 0.05) is 50.0 Å². The maximum absolute atomic E-state index is 13.4. The molecule has 0 aromatic heterocycles. The first-order valence-electron chi connectivity index (χ1n) is 11.0. The predicted molar refractivity (Wildman–Crippen MR) is 117 cm³/mol. The number of anilines is 1. The Bertz CT molecular complexity index is 742. The maximum Gasteiger partial charge on any atom is 0.321 e. The van der Waals surface area contributed by atoms with Crippen LogP contribution in [0.3, 0.4) is 0 Å². The van der Waals surface area contributed by atoms with Crippen molar-refractivity contribution in [3.05, 3.63) is 29.3 Å². The molecule has 1 atom stereocenters. The lowest BCUT2D eigenvalue weighted by Gasteiger charge is -2.42. The maximum atomic E-state index is 13.4. The molecule has 4 rings (SSSR count). The number of ether oxygens (including phenoxy) is 1. The summed E-state index contributed by atoms with van der Waals surface area (Å²) in [6, 6.07) is 6.99. The average molecular weight is 435 g/mol. The SMILES string of the molecule is O=C(Nc1cccc(Cl)c1)N1CCN([C@H](C(=O)N2CCOCC2)C2CCCC2)CC1. The van der Waals surface area contributed by atoms with E-state index >= 15 is 0 Å². The number of hydrogen-bond donors (Lipinski definition) is 1. The predicted octanol–water partition coefficient (Wildman–Crippen LogP) is 2.91. The monoisotopic (exact) mass is 434 g/mol. The van der Waals surface area contributed by atoms with Gasteiger partial charge in [0.05, 0.1) is 19.3 Å². The minimum Gasteiger partial charge on any atom is -0.378 e. The second-order valence-electron chi connectivity index (χ2n) is 8.39. The van der Waals surface area contributed by atoms with Gasteiger partial charge >= 0.3 is 6.03 Å². The van der Waals surface area contributed by atoms with E-state index in [9.17, 15) is 9.59 Å². The number of halogens is 1. The second kappa shape index (κ2) is 9.98. The Balaban J connectivity index is 1.37. The number of rotatable bonds is 4. The van der Waals surface area contributed by atoms with E-state index in [1.165, 1.54) is 12.8 Å². The zero-order valence-electron chi connectivity index (χ0n) is 17.4. The summed E-state index contributed by atoms with van der Waals surface area (Å²) in [5.74, 6) is 0.675. The molecule has 2 aliphatic heterocycles. The first kappa shape index (κ1) is 21.4. The zero-order valence-corrected chi connectivity index (χ0v) is 18.1. The molecule has 7 nitrogen and oxygen atoms in total. The molecule has 1 N–H and O–H groups in total. The van der Waals surface area contributed by atoms with Gasteiger partial charge in [0.25, 0.3) is 0 Å². The number of nitrogens with one attached hydrogen (secondary N) is 1. The molecule has 0 spiro atoms. The van der Waals surface area contributed by atoms with Crippen LogP contribution in [0.2, 0.25) is 5.02 Å². The highest BCUT2D eigenvalue weighted by molar-refractivity contribution is 6.30. The van der Waals surface area contributed by atoms with Gasteiger partial charge in [-0.05, 0) is 37.0 Å². The Labute approximate surface area is 183 Å².